The van der Waals surface area contributed by atoms with E-state index in [0.717, 1.165) is 22.4 Å². The lowest BCUT2D eigenvalue weighted by Crippen LogP contribution is -2.04. The zero-order valence-electron chi connectivity index (χ0n) is 9.52. The summed E-state index contributed by atoms with van der Waals surface area (Å²) in [4.78, 5) is 4.42. The van der Waals surface area contributed by atoms with Gasteiger partial charge in [-0.25, -0.2) is 4.98 Å². The molecule has 0 saturated heterocycles. The average molecular weight is 279 g/mol. The first-order chi connectivity index (χ1) is 7.66. The van der Waals surface area contributed by atoms with Crippen LogP contribution in [0.2, 0.25) is 0 Å². The van der Waals surface area contributed by atoms with Gasteiger partial charge in [0.15, 0.2) is 0 Å². The van der Waals surface area contributed by atoms with Crippen LogP contribution in [-0.4, -0.2) is 9.55 Å². The number of aromatic nitrogens is 2. The van der Waals surface area contributed by atoms with Gasteiger partial charge in [0.1, 0.15) is 5.82 Å². The molecule has 0 amide bonds. The molecule has 0 aliphatic rings. The Kier molecular flexibility index (Phi) is 3.44. The van der Waals surface area contributed by atoms with Crippen LogP contribution in [0.15, 0.2) is 41.1 Å². The molecule has 1 aromatic heterocycles. The van der Waals surface area contributed by atoms with Crippen LogP contribution in [0, 0.1) is 5.92 Å². The molecule has 84 valence electrons. The summed E-state index contributed by atoms with van der Waals surface area (Å²) in [6.07, 6.45) is 3.90. The summed E-state index contributed by atoms with van der Waals surface area (Å²) in [6, 6.07) is 8.26. The van der Waals surface area contributed by atoms with E-state index in [0.29, 0.717) is 5.92 Å². The van der Waals surface area contributed by atoms with Crippen molar-refractivity contribution in [2.24, 2.45) is 5.92 Å². The van der Waals surface area contributed by atoms with E-state index >= 15 is 0 Å². The summed E-state index contributed by atoms with van der Waals surface area (Å²) >= 11 is 3.44. The number of hydrogen-bond acceptors (Lipinski definition) is 1. The van der Waals surface area contributed by atoms with Gasteiger partial charge in [0.25, 0.3) is 0 Å². The summed E-state index contributed by atoms with van der Waals surface area (Å²) in [5, 5.41) is 0. The van der Waals surface area contributed by atoms with E-state index in [-0.39, 0.29) is 0 Å². The minimum absolute atomic E-state index is 0.628. The van der Waals surface area contributed by atoms with Gasteiger partial charge < -0.3 is 4.57 Å². The summed E-state index contributed by atoms with van der Waals surface area (Å²) in [7, 11) is 0. The molecule has 0 saturated carbocycles. The van der Waals surface area contributed by atoms with Crippen LogP contribution < -0.4 is 0 Å². The Hall–Kier alpha value is -1.09. The summed E-state index contributed by atoms with van der Waals surface area (Å²) in [6.45, 7) is 5.43. The van der Waals surface area contributed by atoms with Gasteiger partial charge in [0, 0.05) is 29.0 Å². The van der Waals surface area contributed by atoms with Crippen LogP contribution in [0.3, 0.4) is 0 Å². The zero-order valence-corrected chi connectivity index (χ0v) is 11.1. The van der Waals surface area contributed by atoms with Crippen LogP contribution >= 0.6 is 15.9 Å². The van der Waals surface area contributed by atoms with Crippen molar-refractivity contribution in [3.05, 3.63) is 41.1 Å². The first-order valence-electron chi connectivity index (χ1n) is 5.44. The predicted molar refractivity (Wildman–Crippen MR) is 70.2 cm³/mol. The van der Waals surface area contributed by atoms with Crippen LogP contribution in [-0.2, 0) is 6.54 Å². The van der Waals surface area contributed by atoms with Crippen molar-refractivity contribution in [3.8, 4) is 11.4 Å². The van der Waals surface area contributed by atoms with Gasteiger partial charge in [0.05, 0.1) is 0 Å². The van der Waals surface area contributed by atoms with E-state index in [1.54, 1.807) is 0 Å². The fourth-order valence-electron chi connectivity index (χ4n) is 1.71. The van der Waals surface area contributed by atoms with Crippen molar-refractivity contribution in [1.82, 2.24) is 9.55 Å². The maximum atomic E-state index is 4.42. The second-order valence-corrected chi connectivity index (χ2v) is 5.22. The van der Waals surface area contributed by atoms with Gasteiger partial charge in [0.2, 0.25) is 0 Å². The highest BCUT2D eigenvalue weighted by molar-refractivity contribution is 9.10. The molecule has 2 rings (SSSR count). The fourth-order valence-corrected chi connectivity index (χ4v) is 1.97. The monoisotopic (exact) mass is 278 g/mol. The highest BCUT2D eigenvalue weighted by Gasteiger charge is 2.06. The standard InChI is InChI=1S/C13H15BrN2/c1-10(2)9-16-8-7-15-13(16)11-3-5-12(14)6-4-11/h3-8,10H,9H2,1-2H3. The quantitative estimate of drug-likeness (QED) is 0.831. The minimum atomic E-state index is 0.628. The van der Waals surface area contributed by atoms with Gasteiger partial charge in [-0.15, -0.1) is 0 Å². The average Bonchev–Trinajstić information content (AvgIpc) is 2.66. The number of benzene rings is 1. The number of halogens is 1. The molecule has 0 unspecified atom stereocenters. The summed E-state index contributed by atoms with van der Waals surface area (Å²) < 4.78 is 3.30. The molecule has 0 radical (unpaired) electrons. The highest BCUT2D eigenvalue weighted by atomic mass is 79.9. The highest BCUT2D eigenvalue weighted by Crippen LogP contribution is 2.20. The maximum absolute atomic E-state index is 4.42. The third-order valence-electron chi connectivity index (χ3n) is 2.38. The largest absolute Gasteiger partial charge is 0.331 e. The van der Waals surface area contributed by atoms with Crippen LogP contribution in [0.25, 0.3) is 11.4 Å². The first kappa shape index (κ1) is 11.4. The topological polar surface area (TPSA) is 17.8 Å². The Morgan fingerprint density at radius 1 is 1.25 bits per heavy atom. The van der Waals surface area contributed by atoms with Crippen molar-refractivity contribution in [3.63, 3.8) is 0 Å². The fraction of sp³-hybridized carbons (Fsp3) is 0.308. The minimum Gasteiger partial charge on any atom is -0.331 e. The lowest BCUT2D eigenvalue weighted by Gasteiger charge is -2.10. The molecular weight excluding hydrogens is 264 g/mol. The van der Waals surface area contributed by atoms with Gasteiger partial charge in [-0.2, -0.15) is 0 Å². The first-order valence-corrected chi connectivity index (χ1v) is 6.23. The Bertz CT molecular complexity index is 457. The van der Waals surface area contributed by atoms with E-state index in [4.69, 9.17) is 0 Å². The zero-order chi connectivity index (χ0) is 11.5. The molecule has 16 heavy (non-hydrogen) atoms. The van der Waals surface area contributed by atoms with E-state index < -0.39 is 0 Å². The van der Waals surface area contributed by atoms with E-state index in [2.05, 4.69) is 51.5 Å². The SMILES string of the molecule is CC(C)Cn1ccnc1-c1ccc(Br)cc1. The molecule has 1 aromatic carbocycles. The Labute approximate surface area is 104 Å². The van der Waals surface area contributed by atoms with Crippen LogP contribution in [0.4, 0.5) is 0 Å². The second kappa shape index (κ2) is 4.83. The molecular formula is C13H15BrN2. The van der Waals surface area contributed by atoms with Crippen molar-refractivity contribution < 1.29 is 0 Å². The van der Waals surface area contributed by atoms with Gasteiger partial charge in [-0.3, -0.25) is 0 Å². The van der Waals surface area contributed by atoms with E-state index in [9.17, 15) is 0 Å². The predicted octanol–water partition coefficient (Wildman–Crippen LogP) is 3.97. The van der Waals surface area contributed by atoms with Gasteiger partial charge >= 0.3 is 0 Å². The molecule has 0 bridgehead atoms. The Morgan fingerprint density at radius 2 is 1.94 bits per heavy atom. The maximum Gasteiger partial charge on any atom is 0.139 e. The molecule has 3 heteroatoms. The molecule has 2 aromatic rings. The molecule has 0 aliphatic heterocycles. The number of imidazole rings is 1. The third-order valence-corrected chi connectivity index (χ3v) is 2.91. The second-order valence-electron chi connectivity index (χ2n) is 4.30. The smallest absolute Gasteiger partial charge is 0.139 e. The van der Waals surface area contributed by atoms with E-state index in [1.807, 2.05) is 24.5 Å². The molecule has 1 heterocycles. The lowest BCUT2D eigenvalue weighted by atomic mass is 10.2. The van der Waals surface area contributed by atoms with Crippen LogP contribution in [0.1, 0.15) is 13.8 Å². The molecule has 2 nitrogen and oxygen atoms in total. The van der Waals surface area contributed by atoms with Gasteiger partial charge in [-0.05, 0) is 18.1 Å². The summed E-state index contributed by atoms with van der Waals surface area (Å²) in [5.41, 5.74) is 1.16. The van der Waals surface area contributed by atoms with Crippen molar-refractivity contribution in [2.75, 3.05) is 0 Å². The lowest BCUT2D eigenvalue weighted by molar-refractivity contribution is 0.527. The molecule has 0 atom stereocenters. The molecule has 0 spiro atoms. The Morgan fingerprint density at radius 3 is 2.56 bits per heavy atom. The molecule has 0 aliphatic carbocycles. The van der Waals surface area contributed by atoms with Gasteiger partial charge in [-0.1, -0.05) is 41.9 Å². The van der Waals surface area contributed by atoms with Crippen LogP contribution in [0.5, 0.6) is 0 Å². The normalized spacial score (nSPS) is 11.0. The van der Waals surface area contributed by atoms with Crippen molar-refractivity contribution >= 4 is 15.9 Å². The van der Waals surface area contributed by atoms with E-state index in [1.165, 1.54) is 0 Å². The number of hydrogen-bond donors (Lipinski definition) is 0. The molecule has 0 fully saturated rings. The van der Waals surface area contributed by atoms with Crippen molar-refractivity contribution in [1.29, 1.82) is 0 Å². The Balaban J connectivity index is 2.33. The molecule has 0 N–H and O–H groups in total. The van der Waals surface area contributed by atoms with Crippen molar-refractivity contribution in [2.45, 2.75) is 20.4 Å². The number of rotatable bonds is 3. The number of nitrogens with zero attached hydrogens (tertiary/aromatic N) is 2. The summed E-state index contributed by atoms with van der Waals surface area (Å²) in [5.74, 6) is 1.67. The third kappa shape index (κ3) is 2.53.